The highest BCUT2D eigenvalue weighted by molar-refractivity contribution is 7.12. The number of benzene rings is 1. The molecule has 0 bridgehead atoms. The normalized spacial score (nSPS) is 12.4. The first-order chi connectivity index (χ1) is 7.65. The molecule has 0 amide bonds. The Hall–Kier alpha value is -1.48. The summed E-state index contributed by atoms with van der Waals surface area (Å²) in [5, 5.41) is 12.7. The lowest BCUT2D eigenvalue weighted by Crippen LogP contribution is -2.04. The van der Waals surface area contributed by atoms with Crippen LogP contribution in [0.15, 0.2) is 36.4 Å². The molecule has 0 spiro atoms. The van der Waals surface area contributed by atoms with Gasteiger partial charge in [-0.25, -0.2) is 0 Å². The molecule has 1 atom stereocenters. The molecule has 16 heavy (non-hydrogen) atoms. The lowest BCUT2D eigenvalue weighted by molar-refractivity contribution is 0.475. The van der Waals surface area contributed by atoms with Crippen LogP contribution < -0.4 is 5.32 Å². The Morgan fingerprint density at radius 2 is 2.06 bits per heavy atom. The minimum absolute atomic E-state index is 0.264. The van der Waals surface area contributed by atoms with Gasteiger partial charge in [-0.1, -0.05) is 6.07 Å². The van der Waals surface area contributed by atoms with Crippen LogP contribution in [0.4, 0.5) is 5.69 Å². The SMILES string of the molecule is Cc1ccc(C(C)Nc2cccc(O)c2)s1. The zero-order valence-electron chi connectivity index (χ0n) is 9.40. The van der Waals surface area contributed by atoms with Crippen molar-refractivity contribution in [2.45, 2.75) is 19.9 Å². The van der Waals surface area contributed by atoms with Crippen LogP contribution in [0.25, 0.3) is 0 Å². The van der Waals surface area contributed by atoms with Crippen molar-refractivity contribution >= 4 is 17.0 Å². The Morgan fingerprint density at radius 3 is 2.69 bits per heavy atom. The molecule has 0 fully saturated rings. The average molecular weight is 233 g/mol. The molecule has 1 aromatic heterocycles. The minimum atomic E-state index is 0.264. The Morgan fingerprint density at radius 1 is 1.25 bits per heavy atom. The molecule has 2 rings (SSSR count). The summed E-state index contributed by atoms with van der Waals surface area (Å²) in [5.74, 6) is 0.291. The standard InChI is InChI=1S/C13H15NOS/c1-9-6-7-13(16-9)10(2)14-11-4-3-5-12(15)8-11/h3-8,10,14-15H,1-2H3. The molecular formula is C13H15NOS. The van der Waals surface area contributed by atoms with E-state index in [-0.39, 0.29) is 6.04 Å². The topological polar surface area (TPSA) is 32.3 Å². The third-order valence-corrected chi connectivity index (χ3v) is 3.60. The molecule has 0 aliphatic heterocycles. The van der Waals surface area contributed by atoms with Gasteiger partial charge in [-0.15, -0.1) is 11.3 Å². The summed E-state index contributed by atoms with van der Waals surface area (Å²) < 4.78 is 0. The highest BCUT2D eigenvalue weighted by Gasteiger charge is 2.07. The molecule has 2 aromatic rings. The number of rotatable bonds is 3. The number of nitrogens with one attached hydrogen (secondary N) is 1. The van der Waals surface area contributed by atoms with E-state index >= 15 is 0 Å². The van der Waals surface area contributed by atoms with Gasteiger partial charge < -0.3 is 10.4 Å². The van der Waals surface area contributed by atoms with Gasteiger partial charge in [0.1, 0.15) is 5.75 Å². The van der Waals surface area contributed by atoms with Crippen molar-refractivity contribution in [3.05, 3.63) is 46.2 Å². The second-order valence-corrected chi connectivity index (χ2v) is 5.18. The van der Waals surface area contributed by atoms with Crippen LogP contribution in [0.3, 0.4) is 0 Å². The van der Waals surface area contributed by atoms with E-state index in [1.165, 1.54) is 9.75 Å². The van der Waals surface area contributed by atoms with Crippen molar-refractivity contribution in [2.75, 3.05) is 5.32 Å². The number of anilines is 1. The molecule has 0 aliphatic carbocycles. The summed E-state index contributed by atoms with van der Waals surface area (Å²) in [6.07, 6.45) is 0. The summed E-state index contributed by atoms with van der Waals surface area (Å²) in [5.41, 5.74) is 0.943. The molecular weight excluding hydrogens is 218 g/mol. The highest BCUT2D eigenvalue weighted by Crippen LogP contribution is 2.26. The van der Waals surface area contributed by atoms with Gasteiger partial charge in [0.15, 0.2) is 0 Å². The third kappa shape index (κ3) is 2.55. The van der Waals surface area contributed by atoms with Crippen molar-refractivity contribution in [3.8, 4) is 5.75 Å². The molecule has 2 nitrogen and oxygen atoms in total. The van der Waals surface area contributed by atoms with Gasteiger partial charge >= 0.3 is 0 Å². The van der Waals surface area contributed by atoms with Crippen molar-refractivity contribution in [1.82, 2.24) is 0 Å². The number of hydrogen-bond donors (Lipinski definition) is 2. The maximum Gasteiger partial charge on any atom is 0.117 e. The fourth-order valence-electron chi connectivity index (χ4n) is 1.60. The van der Waals surface area contributed by atoms with Gasteiger partial charge in [0.05, 0.1) is 6.04 Å². The number of phenolic OH excluding ortho intramolecular Hbond substituents is 1. The minimum Gasteiger partial charge on any atom is -0.508 e. The van der Waals surface area contributed by atoms with Gasteiger partial charge in [0, 0.05) is 21.5 Å². The summed E-state index contributed by atoms with van der Waals surface area (Å²) >= 11 is 1.79. The van der Waals surface area contributed by atoms with Crippen molar-refractivity contribution in [2.24, 2.45) is 0 Å². The van der Waals surface area contributed by atoms with E-state index in [1.807, 2.05) is 12.1 Å². The fraction of sp³-hybridized carbons (Fsp3) is 0.231. The van der Waals surface area contributed by atoms with Gasteiger partial charge in [-0.3, -0.25) is 0 Å². The predicted octanol–water partition coefficient (Wildman–Crippen LogP) is 3.94. The van der Waals surface area contributed by atoms with E-state index in [0.717, 1.165) is 5.69 Å². The van der Waals surface area contributed by atoms with Crippen molar-refractivity contribution in [3.63, 3.8) is 0 Å². The van der Waals surface area contributed by atoms with E-state index in [2.05, 4.69) is 31.3 Å². The smallest absolute Gasteiger partial charge is 0.117 e. The van der Waals surface area contributed by atoms with Crippen LogP contribution in [0.1, 0.15) is 22.7 Å². The predicted molar refractivity (Wildman–Crippen MR) is 69.2 cm³/mol. The van der Waals surface area contributed by atoms with E-state index in [1.54, 1.807) is 23.5 Å². The number of hydrogen-bond acceptors (Lipinski definition) is 3. The number of phenols is 1. The van der Waals surface area contributed by atoms with Crippen LogP contribution in [0, 0.1) is 6.92 Å². The van der Waals surface area contributed by atoms with Crippen LogP contribution >= 0.6 is 11.3 Å². The van der Waals surface area contributed by atoms with Crippen LogP contribution in [-0.4, -0.2) is 5.11 Å². The summed E-state index contributed by atoms with van der Waals surface area (Å²) in [6, 6.07) is 11.7. The lowest BCUT2D eigenvalue weighted by Gasteiger charge is -2.13. The van der Waals surface area contributed by atoms with Crippen molar-refractivity contribution < 1.29 is 5.11 Å². The van der Waals surface area contributed by atoms with Crippen molar-refractivity contribution in [1.29, 1.82) is 0 Å². The number of aryl methyl sites for hydroxylation is 1. The van der Waals surface area contributed by atoms with E-state index in [4.69, 9.17) is 0 Å². The van der Waals surface area contributed by atoms with Gasteiger partial charge in [0.2, 0.25) is 0 Å². The summed E-state index contributed by atoms with van der Waals surface area (Å²) in [7, 11) is 0. The first-order valence-electron chi connectivity index (χ1n) is 5.27. The quantitative estimate of drug-likeness (QED) is 0.841. The Balaban J connectivity index is 2.10. The van der Waals surface area contributed by atoms with E-state index in [9.17, 15) is 5.11 Å². The molecule has 3 heteroatoms. The number of thiophene rings is 1. The van der Waals surface area contributed by atoms with Crippen LogP contribution in [-0.2, 0) is 0 Å². The van der Waals surface area contributed by atoms with E-state index in [0.29, 0.717) is 5.75 Å². The molecule has 1 heterocycles. The zero-order valence-corrected chi connectivity index (χ0v) is 10.2. The van der Waals surface area contributed by atoms with E-state index < -0.39 is 0 Å². The Kier molecular flexibility index (Phi) is 3.15. The van der Waals surface area contributed by atoms with Gasteiger partial charge in [-0.05, 0) is 38.1 Å². The van der Waals surface area contributed by atoms with Crippen LogP contribution in [0.5, 0.6) is 5.75 Å². The molecule has 2 N–H and O–H groups in total. The molecule has 1 unspecified atom stereocenters. The number of aromatic hydroxyl groups is 1. The largest absolute Gasteiger partial charge is 0.508 e. The van der Waals surface area contributed by atoms with Crippen LogP contribution in [0.2, 0.25) is 0 Å². The first-order valence-corrected chi connectivity index (χ1v) is 6.09. The van der Waals surface area contributed by atoms with Gasteiger partial charge in [-0.2, -0.15) is 0 Å². The second kappa shape index (κ2) is 4.58. The fourth-order valence-corrected chi connectivity index (χ4v) is 2.48. The zero-order chi connectivity index (χ0) is 11.5. The Labute approximate surface area is 99.6 Å². The maximum absolute atomic E-state index is 9.36. The lowest BCUT2D eigenvalue weighted by atomic mass is 10.2. The molecule has 0 radical (unpaired) electrons. The average Bonchev–Trinajstić information content (AvgIpc) is 2.65. The molecule has 0 saturated carbocycles. The first kappa shape index (κ1) is 11.0. The third-order valence-electron chi connectivity index (χ3n) is 2.42. The molecule has 0 aliphatic rings. The maximum atomic E-state index is 9.36. The molecule has 1 aromatic carbocycles. The summed E-state index contributed by atoms with van der Waals surface area (Å²) in [6.45, 7) is 4.23. The van der Waals surface area contributed by atoms with Gasteiger partial charge in [0.25, 0.3) is 0 Å². The highest BCUT2D eigenvalue weighted by atomic mass is 32.1. The Bertz CT molecular complexity index is 478. The molecule has 84 valence electrons. The molecule has 0 saturated heterocycles. The monoisotopic (exact) mass is 233 g/mol. The second-order valence-electron chi connectivity index (χ2n) is 3.86. The summed E-state index contributed by atoms with van der Waals surface area (Å²) in [4.78, 5) is 2.63.